The topological polar surface area (TPSA) is 17.1 Å². The van der Waals surface area contributed by atoms with Gasteiger partial charge in [0, 0.05) is 5.57 Å². The van der Waals surface area contributed by atoms with Crippen LogP contribution in [0.25, 0.3) is 0 Å². The van der Waals surface area contributed by atoms with Gasteiger partial charge in [-0.3, -0.25) is 4.79 Å². The summed E-state index contributed by atoms with van der Waals surface area (Å²) < 4.78 is 0. The number of allylic oxidation sites excluding steroid dienone is 4. The van der Waals surface area contributed by atoms with Crippen LogP contribution in [0.2, 0.25) is 0 Å². The highest BCUT2D eigenvalue weighted by molar-refractivity contribution is 6.30. The van der Waals surface area contributed by atoms with Crippen molar-refractivity contribution in [2.75, 3.05) is 5.88 Å². The predicted molar refractivity (Wildman–Crippen MR) is 42.2 cm³/mol. The molecule has 54 valence electrons. The van der Waals surface area contributed by atoms with Crippen LogP contribution in [0.15, 0.2) is 23.8 Å². The van der Waals surface area contributed by atoms with Gasteiger partial charge in [-0.15, -0.1) is 11.6 Å². The number of hydrogen-bond acceptors (Lipinski definition) is 1. The van der Waals surface area contributed by atoms with Gasteiger partial charge in [-0.2, -0.15) is 0 Å². The first-order valence-electron chi connectivity index (χ1n) is 3.30. The number of ketones is 1. The van der Waals surface area contributed by atoms with Crippen molar-refractivity contribution in [2.24, 2.45) is 0 Å². The first-order valence-corrected chi connectivity index (χ1v) is 3.84. The molecule has 0 unspecified atom stereocenters. The van der Waals surface area contributed by atoms with Gasteiger partial charge in [0.05, 0.1) is 5.88 Å². The van der Waals surface area contributed by atoms with Crippen LogP contribution in [-0.2, 0) is 4.79 Å². The average Bonchev–Trinajstić information content (AvgIpc) is 2.05. The van der Waals surface area contributed by atoms with Crippen molar-refractivity contribution in [3.63, 3.8) is 0 Å². The standard InChI is InChI=1S/C8H9ClO/c9-6-8(10)7-4-2-1-3-5-7/h2,4-5H,1,3,6H2. The molecule has 0 spiro atoms. The van der Waals surface area contributed by atoms with Crippen molar-refractivity contribution in [1.29, 1.82) is 0 Å². The highest BCUT2D eigenvalue weighted by Gasteiger charge is 2.05. The monoisotopic (exact) mass is 156 g/mol. The Morgan fingerprint density at radius 1 is 1.60 bits per heavy atom. The Balaban J connectivity index is 2.63. The third kappa shape index (κ3) is 1.71. The molecule has 10 heavy (non-hydrogen) atoms. The Hall–Kier alpha value is -0.560. The summed E-state index contributed by atoms with van der Waals surface area (Å²) in [7, 11) is 0. The van der Waals surface area contributed by atoms with E-state index in [9.17, 15) is 4.79 Å². The van der Waals surface area contributed by atoms with E-state index in [1.807, 2.05) is 18.2 Å². The quantitative estimate of drug-likeness (QED) is 0.560. The fourth-order valence-corrected chi connectivity index (χ4v) is 1.05. The summed E-state index contributed by atoms with van der Waals surface area (Å²) in [6.45, 7) is 0. The van der Waals surface area contributed by atoms with Crippen LogP contribution in [0, 0.1) is 0 Å². The fraction of sp³-hybridized carbons (Fsp3) is 0.375. The van der Waals surface area contributed by atoms with E-state index in [1.54, 1.807) is 0 Å². The van der Waals surface area contributed by atoms with Crippen LogP contribution >= 0.6 is 11.6 Å². The predicted octanol–water partition coefficient (Wildman–Crippen LogP) is 2.07. The van der Waals surface area contributed by atoms with E-state index in [2.05, 4.69) is 0 Å². The van der Waals surface area contributed by atoms with Crippen molar-refractivity contribution in [1.82, 2.24) is 0 Å². The molecule has 1 nitrogen and oxygen atoms in total. The Labute approximate surface area is 65.4 Å². The van der Waals surface area contributed by atoms with Gasteiger partial charge in [0.15, 0.2) is 5.78 Å². The minimum absolute atomic E-state index is 0.0256. The lowest BCUT2D eigenvalue weighted by Gasteiger charge is -2.01. The molecule has 0 atom stereocenters. The van der Waals surface area contributed by atoms with Crippen LogP contribution in [0.1, 0.15) is 12.8 Å². The van der Waals surface area contributed by atoms with Gasteiger partial charge in [0.1, 0.15) is 0 Å². The summed E-state index contributed by atoms with van der Waals surface area (Å²) in [5.74, 6) is 0.119. The Morgan fingerprint density at radius 2 is 2.40 bits per heavy atom. The van der Waals surface area contributed by atoms with Crippen LogP contribution < -0.4 is 0 Å². The molecule has 0 aromatic rings. The molecule has 1 rings (SSSR count). The summed E-state index contributed by atoms with van der Waals surface area (Å²) in [6, 6.07) is 0. The minimum Gasteiger partial charge on any atom is -0.293 e. The SMILES string of the molecule is O=C(CCl)C1=CCCC=C1. The van der Waals surface area contributed by atoms with E-state index in [4.69, 9.17) is 11.6 Å². The molecule has 1 aliphatic rings. The number of Topliss-reactive ketones (excluding diaryl/α,β-unsaturated/α-hetero) is 1. The van der Waals surface area contributed by atoms with Gasteiger partial charge in [-0.05, 0) is 12.8 Å². The molecule has 0 saturated carbocycles. The molecule has 2 heteroatoms. The molecule has 0 heterocycles. The highest BCUT2D eigenvalue weighted by Crippen LogP contribution is 2.10. The van der Waals surface area contributed by atoms with E-state index >= 15 is 0 Å². The number of alkyl halides is 1. The Morgan fingerprint density at radius 3 is 2.90 bits per heavy atom. The molecule has 1 aliphatic carbocycles. The summed E-state index contributed by atoms with van der Waals surface area (Å²) in [5, 5.41) is 0. The van der Waals surface area contributed by atoms with E-state index < -0.39 is 0 Å². The molecule has 0 aromatic carbocycles. The molecule has 0 radical (unpaired) electrons. The van der Waals surface area contributed by atoms with Crippen LogP contribution in [0.3, 0.4) is 0 Å². The van der Waals surface area contributed by atoms with Gasteiger partial charge in [0.25, 0.3) is 0 Å². The third-order valence-electron chi connectivity index (χ3n) is 1.44. The maximum atomic E-state index is 10.9. The van der Waals surface area contributed by atoms with Gasteiger partial charge in [-0.1, -0.05) is 18.2 Å². The van der Waals surface area contributed by atoms with Crippen molar-refractivity contribution >= 4 is 17.4 Å². The fourth-order valence-electron chi connectivity index (χ4n) is 0.897. The highest BCUT2D eigenvalue weighted by atomic mass is 35.5. The molecule has 0 bridgehead atoms. The zero-order chi connectivity index (χ0) is 7.40. The van der Waals surface area contributed by atoms with Crippen molar-refractivity contribution < 1.29 is 4.79 Å². The first kappa shape index (κ1) is 7.55. The first-order chi connectivity index (χ1) is 4.84. The molecule has 0 saturated heterocycles. The number of carbonyl (C=O) groups is 1. The van der Waals surface area contributed by atoms with Crippen molar-refractivity contribution in [3.05, 3.63) is 23.8 Å². The molecule has 0 amide bonds. The number of rotatable bonds is 2. The third-order valence-corrected chi connectivity index (χ3v) is 1.68. The number of carbonyl (C=O) groups excluding carboxylic acids is 1. The second-order valence-electron chi connectivity index (χ2n) is 2.20. The smallest absolute Gasteiger partial charge is 0.177 e. The van der Waals surface area contributed by atoms with Crippen LogP contribution in [0.4, 0.5) is 0 Å². The largest absolute Gasteiger partial charge is 0.293 e. The van der Waals surface area contributed by atoms with Crippen molar-refractivity contribution in [2.45, 2.75) is 12.8 Å². The summed E-state index contributed by atoms with van der Waals surface area (Å²) in [5.41, 5.74) is 0.765. The summed E-state index contributed by atoms with van der Waals surface area (Å²) in [6.07, 6.45) is 7.78. The van der Waals surface area contributed by atoms with Crippen molar-refractivity contribution in [3.8, 4) is 0 Å². The number of halogens is 1. The second kappa shape index (κ2) is 3.57. The van der Waals surface area contributed by atoms with Gasteiger partial charge in [0.2, 0.25) is 0 Å². The zero-order valence-corrected chi connectivity index (χ0v) is 6.40. The molecule has 0 aromatic heterocycles. The molecular formula is C8H9ClO. The zero-order valence-electron chi connectivity index (χ0n) is 5.64. The van der Waals surface area contributed by atoms with Gasteiger partial charge >= 0.3 is 0 Å². The van der Waals surface area contributed by atoms with Gasteiger partial charge < -0.3 is 0 Å². The second-order valence-corrected chi connectivity index (χ2v) is 2.46. The molecular weight excluding hydrogens is 148 g/mol. The van der Waals surface area contributed by atoms with E-state index in [0.717, 1.165) is 18.4 Å². The molecule has 0 fully saturated rings. The maximum absolute atomic E-state index is 10.9. The van der Waals surface area contributed by atoms with Gasteiger partial charge in [-0.25, -0.2) is 0 Å². The lowest BCUT2D eigenvalue weighted by molar-refractivity contribution is -0.113. The Kier molecular flexibility index (Phi) is 2.69. The normalized spacial score (nSPS) is 16.7. The summed E-state index contributed by atoms with van der Waals surface area (Å²) in [4.78, 5) is 10.9. The summed E-state index contributed by atoms with van der Waals surface area (Å²) >= 11 is 5.36. The van der Waals surface area contributed by atoms with Crippen LogP contribution in [-0.4, -0.2) is 11.7 Å². The van der Waals surface area contributed by atoms with E-state index in [-0.39, 0.29) is 11.7 Å². The molecule has 0 N–H and O–H groups in total. The van der Waals surface area contributed by atoms with Crippen LogP contribution in [0.5, 0.6) is 0 Å². The Bertz CT molecular complexity index is 191. The van der Waals surface area contributed by atoms with E-state index in [1.165, 1.54) is 0 Å². The minimum atomic E-state index is 0.0256. The average molecular weight is 157 g/mol. The lowest BCUT2D eigenvalue weighted by Crippen LogP contribution is -2.02. The maximum Gasteiger partial charge on any atom is 0.177 e. The lowest BCUT2D eigenvalue weighted by atomic mass is 10.0. The van der Waals surface area contributed by atoms with E-state index in [0.29, 0.717) is 0 Å². The molecule has 0 aliphatic heterocycles. The number of hydrogen-bond donors (Lipinski definition) is 0.